The predicted molar refractivity (Wildman–Crippen MR) is 107 cm³/mol. The van der Waals surface area contributed by atoms with Crippen LogP contribution < -0.4 is 5.32 Å². The smallest absolute Gasteiger partial charge is 0.297 e. The van der Waals surface area contributed by atoms with E-state index in [1.807, 2.05) is 0 Å². The molecule has 1 N–H and O–H groups in total. The van der Waals surface area contributed by atoms with E-state index in [-0.39, 0.29) is 27.0 Å². The highest BCUT2D eigenvalue weighted by Gasteiger charge is 2.31. The molecule has 158 valence electrons. The molecule has 0 radical (unpaired) electrons. The van der Waals surface area contributed by atoms with Crippen LogP contribution in [0.4, 0.5) is 18.3 Å². The molecule has 1 amide bonds. The highest BCUT2D eigenvalue weighted by atomic mass is 32.2. The Morgan fingerprint density at radius 1 is 1.10 bits per heavy atom. The Morgan fingerprint density at radius 2 is 1.80 bits per heavy atom. The first-order valence-electron chi connectivity index (χ1n) is 8.66. The van der Waals surface area contributed by atoms with Crippen LogP contribution in [0.3, 0.4) is 0 Å². The Hall–Kier alpha value is -2.79. The maximum absolute atomic E-state index is 12.9. The second-order valence-corrected chi connectivity index (χ2v) is 9.77. The zero-order chi connectivity index (χ0) is 22.1. The summed E-state index contributed by atoms with van der Waals surface area (Å²) in [5.41, 5.74) is -0.750. The monoisotopic (exact) mass is 455 g/mol. The van der Waals surface area contributed by atoms with Gasteiger partial charge in [0.25, 0.3) is 5.91 Å². The molecule has 11 heteroatoms. The zero-order valence-electron chi connectivity index (χ0n) is 15.8. The average Bonchev–Trinajstić information content (AvgIpc) is 3.15. The number of aromatic nitrogens is 2. The number of carbonyl (C=O) groups excluding carboxylic acids is 1. The molecule has 0 bridgehead atoms. The molecule has 0 atom stereocenters. The zero-order valence-corrected chi connectivity index (χ0v) is 17.4. The van der Waals surface area contributed by atoms with Crippen molar-refractivity contribution in [3.05, 3.63) is 59.7 Å². The van der Waals surface area contributed by atoms with Crippen LogP contribution in [-0.4, -0.2) is 28.9 Å². The fraction of sp³-hybridized carbons (Fsp3) is 0.211. The number of sulfone groups is 1. The van der Waals surface area contributed by atoms with Gasteiger partial charge in [0.05, 0.1) is 21.3 Å². The maximum atomic E-state index is 12.9. The number of rotatable bonds is 5. The molecule has 0 saturated carbocycles. The molecule has 0 aliphatic heterocycles. The molecule has 0 unspecified atom stereocenters. The summed E-state index contributed by atoms with van der Waals surface area (Å²) in [5, 5.41) is 1.77. The summed E-state index contributed by atoms with van der Waals surface area (Å²) in [4.78, 5) is 16.6. The van der Waals surface area contributed by atoms with Crippen LogP contribution in [0, 0.1) is 0 Å². The molecule has 30 heavy (non-hydrogen) atoms. The largest absolute Gasteiger partial charge is 0.416 e. The van der Waals surface area contributed by atoms with Crippen LogP contribution in [0.1, 0.15) is 29.8 Å². The Morgan fingerprint density at radius 3 is 2.47 bits per heavy atom. The van der Waals surface area contributed by atoms with Gasteiger partial charge in [0.2, 0.25) is 5.13 Å². The van der Waals surface area contributed by atoms with Crippen LogP contribution in [0.5, 0.6) is 0 Å². The third-order valence-electron chi connectivity index (χ3n) is 4.15. The SMILES string of the molecule is CC(C)S(=O)(=O)c1ccccc1C(=O)Nc1nc(-c2cccc(C(F)(F)F)c2)ns1. The van der Waals surface area contributed by atoms with E-state index in [0.29, 0.717) is 0 Å². The minimum absolute atomic E-state index is 0.0180. The van der Waals surface area contributed by atoms with E-state index in [0.717, 1.165) is 23.7 Å². The minimum Gasteiger partial charge on any atom is -0.297 e. The van der Waals surface area contributed by atoms with Crippen molar-refractivity contribution in [1.82, 2.24) is 9.36 Å². The number of amides is 1. The Balaban J connectivity index is 1.87. The molecule has 3 aromatic rings. The number of alkyl halides is 3. The van der Waals surface area contributed by atoms with Crippen molar-refractivity contribution in [3.8, 4) is 11.4 Å². The number of nitrogens with one attached hydrogen (secondary N) is 1. The van der Waals surface area contributed by atoms with Gasteiger partial charge in [-0.05, 0) is 38.1 Å². The van der Waals surface area contributed by atoms with Crippen molar-refractivity contribution in [1.29, 1.82) is 0 Å². The van der Waals surface area contributed by atoms with E-state index in [4.69, 9.17) is 0 Å². The number of carbonyl (C=O) groups is 1. The number of hydrogen-bond acceptors (Lipinski definition) is 6. The van der Waals surface area contributed by atoms with Gasteiger partial charge in [-0.2, -0.15) is 22.5 Å². The lowest BCUT2D eigenvalue weighted by atomic mass is 10.1. The van der Waals surface area contributed by atoms with Gasteiger partial charge in [-0.25, -0.2) is 8.42 Å². The van der Waals surface area contributed by atoms with Gasteiger partial charge in [0.1, 0.15) is 0 Å². The molecule has 0 fully saturated rings. The van der Waals surface area contributed by atoms with Gasteiger partial charge >= 0.3 is 6.18 Å². The normalized spacial score (nSPS) is 12.2. The van der Waals surface area contributed by atoms with E-state index < -0.39 is 32.7 Å². The molecule has 0 aliphatic carbocycles. The summed E-state index contributed by atoms with van der Waals surface area (Å²) < 4.78 is 67.7. The molecule has 0 aliphatic rings. The van der Waals surface area contributed by atoms with Crippen molar-refractivity contribution < 1.29 is 26.4 Å². The van der Waals surface area contributed by atoms with Gasteiger partial charge < -0.3 is 0 Å². The topological polar surface area (TPSA) is 89.0 Å². The molecule has 3 rings (SSSR count). The lowest BCUT2D eigenvalue weighted by molar-refractivity contribution is -0.137. The third-order valence-corrected chi connectivity index (χ3v) is 6.99. The highest BCUT2D eigenvalue weighted by Crippen LogP contribution is 2.32. The molecule has 6 nitrogen and oxygen atoms in total. The summed E-state index contributed by atoms with van der Waals surface area (Å²) in [6.07, 6.45) is -4.51. The van der Waals surface area contributed by atoms with E-state index >= 15 is 0 Å². The summed E-state index contributed by atoms with van der Waals surface area (Å²) >= 11 is 0.777. The summed E-state index contributed by atoms with van der Waals surface area (Å²) in [7, 11) is -3.70. The number of halogens is 3. The van der Waals surface area contributed by atoms with Crippen LogP contribution in [0.2, 0.25) is 0 Å². The van der Waals surface area contributed by atoms with Crippen molar-refractivity contribution in [3.63, 3.8) is 0 Å². The average molecular weight is 455 g/mol. The van der Waals surface area contributed by atoms with Gasteiger partial charge in [0, 0.05) is 17.1 Å². The quantitative estimate of drug-likeness (QED) is 0.605. The predicted octanol–water partition coefficient (Wildman–Crippen LogP) is 4.66. The minimum atomic E-state index is -4.51. The Bertz CT molecular complexity index is 1190. The molecular formula is C19H16F3N3O3S2. The van der Waals surface area contributed by atoms with Crippen molar-refractivity contribution in [2.75, 3.05) is 5.32 Å². The standard InChI is InChI=1S/C19H16F3N3O3S2/c1-11(2)30(27,28)15-9-4-3-8-14(15)17(26)24-18-23-16(25-29-18)12-6-5-7-13(10-12)19(20,21)22/h3-11H,1-2H3,(H,23,24,25,26). The van der Waals surface area contributed by atoms with E-state index in [2.05, 4.69) is 14.7 Å². The number of anilines is 1. The molecular weight excluding hydrogens is 439 g/mol. The van der Waals surface area contributed by atoms with Crippen LogP contribution >= 0.6 is 11.5 Å². The molecule has 2 aromatic carbocycles. The molecule has 0 saturated heterocycles. The van der Waals surface area contributed by atoms with Gasteiger partial charge in [0.15, 0.2) is 15.7 Å². The Kier molecular flexibility index (Phi) is 5.95. The van der Waals surface area contributed by atoms with Gasteiger partial charge in [-0.15, -0.1) is 0 Å². The maximum Gasteiger partial charge on any atom is 0.416 e. The van der Waals surface area contributed by atoms with Crippen molar-refractivity contribution in [2.45, 2.75) is 30.2 Å². The van der Waals surface area contributed by atoms with Gasteiger partial charge in [-0.1, -0.05) is 24.3 Å². The van der Waals surface area contributed by atoms with Gasteiger partial charge in [-0.3, -0.25) is 10.1 Å². The number of benzene rings is 2. The van der Waals surface area contributed by atoms with E-state index in [1.165, 1.54) is 50.2 Å². The molecule has 1 heterocycles. The summed E-state index contributed by atoms with van der Waals surface area (Å²) in [6, 6.07) is 10.3. The van der Waals surface area contributed by atoms with E-state index in [1.54, 1.807) is 0 Å². The molecule has 1 aromatic heterocycles. The first-order valence-corrected chi connectivity index (χ1v) is 11.0. The second-order valence-electron chi connectivity index (χ2n) is 6.55. The fourth-order valence-corrected chi connectivity index (χ4v) is 4.38. The lowest BCUT2D eigenvalue weighted by Gasteiger charge is -2.12. The third kappa shape index (κ3) is 4.51. The van der Waals surface area contributed by atoms with E-state index in [9.17, 15) is 26.4 Å². The lowest BCUT2D eigenvalue weighted by Crippen LogP contribution is -2.20. The number of hydrogen-bond donors (Lipinski definition) is 1. The first-order chi connectivity index (χ1) is 14.0. The fourth-order valence-electron chi connectivity index (χ4n) is 2.55. The Labute approximate surface area is 174 Å². The van der Waals surface area contributed by atoms with Crippen molar-refractivity contribution >= 4 is 32.4 Å². The molecule has 0 spiro atoms. The van der Waals surface area contributed by atoms with Crippen LogP contribution in [0.15, 0.2) is 53.4 Å². The summed E-state index contributed by atoms with van der Waals surface area (Å²) in [5.74, 6) is -0.689. The second kappa shape index (κ2) is 8.15. The van der Waals surface area contributed by atoms with Crippen LogP contribution in [0.25, 0.3) is 11.4 Å². The first kappa shape index (κ1) is 21.9. The number of nitrogens with zero attached hydrogens (tertiary/aromatic N) is 2. The van der Waals surface area contributed by atoms with Crippen molar-refractivity contribution in [2.24, 2.45) is 0 Å². The highest BCUT2D eigenvalue weighted by molar-refractivity contribution is 7.92. The summed E-state index contributed by atoms with van der Waals surface area (Å²) in [6.45, 7) is 3.02. The van der Waals surface area contributed by atoms with Crippen LogP contribution in [-0.2, 0) is 16.0 Å².